The van der Waals surface area contributed by atoms with E-state index in [1.165, 1.54) is 0 Å². The number of hydrogen-bond donors (Lipinski definition) is 2. The van der Waals surface area contributed by atoms with Gasteiger partial charge in [0.1, 0.15) is 11.9 Å². The van der Waals surface area contributed by atoms with Crippen LogP contribution in [0.2, 0.25) is 5.02 Å². The highest BCUT2D eigenvalue weighted by atomic mass is 35.5. The molecule has 1 atom stereocenters. The number of nitrogens with one attached hydrogen (secondary N) is 2. The second-order valence-corrected chi connectivity index (χ2v) is 4.72. The van der Waals surface area contributed by atoms with E-state index in [2.05, 4.69) is 10.9 Å². The maximum absolute atomic E-state index is 11.6. The molecule has 0 bridgehead atoms. The molecule has 108 valence electrons. The fourth-order valence-electron chi connectivity index (χ4n) is 1.71. The summed E-state index contributed by atoms with van der Waals surface area (Å²) in [4.78, 5) is 23.0. The zero-order valence-electron chi connectivity index (χ0n) is 10.7. The van der Waals surface area contributed by atoms with Gasteiger partial charge in [0.25, 0.3) is 11.8 Å². The van der Waals surface area contributed by atoms with Crippen LogP contribution in [-0.2, 0) is 14.3 Å². The third kappa shape index (κ3) is 4.40. The van der Waals surface area contributed by atoms with Crippen LogP contribution < -0.4 is 15.6 Å². The summed E-state index contributed by atoms with van der Waals surface area (Å²) in [6.07, 6.45) is 1.04. The van der Waals surface area contributed by atoms with Crippen molar-refractivity contribution in [3.05, 3.63) is 29.3 Å². The summed E-state index contributed by atoms with van der Waals surface area (Å²) in [5.74, 6) is -0.274. The van der Waals surface area contributed by atoms with Gasteiger partial charge in [0.2, 0.25) is 0 Å². The Morgan fingerprint density at radius 3 is 2.70 bits per heavy atom. The molecule has 2 amide bonds. The van der Waals surface area contributed by atoms with Gasteiger partial charge in [-0.05, 0) is 37.1 Å². The first-order chi connectivity index (χ1) is 9.65. The quantitative estimate of drug-likeness (QED) is 0.815. The van der Waals surface area contributed by atoms with Crippen molar-refractivity contribution >= 4 is 23.4 Å². The molecule has 1 fully saturated rings. The van der Waals surface area contributed by atoms with Crippen LogP contribution >= 0.6 is 11.6 Å². The van der Waals surface area contributed by atoms with E-state index < -0.39 is 12.0 Å². The van der Waals surface area contributed by atoms with E-state index in [9.17, 15) is 9.59 Å². The SMILES string of the molecule is O=C(COc1ccc(Cl)cc1)NNC(=O)[C@H]1CCCO1. The molecule has 0 aliphatic carbocycles. The number of halogens is 1. The van der Waals surface area contributed by atoms with Gasteiger partial charge < -0.3 is 9.47 Å². The molecule has 2 rings (SSSR count). The van der Waals surface area contributed by atoms with E-state index in [-0.39, 0.29) is 12.5 Å². The zero-order chi connectivity index (χ0) is 14.4. The lowest BCUT2D eigenvalue weighted by Crippen LogP contribution is -2.47. The van der Waals surface area contributed by atoms with Gasteiger partial charge in [-0.25, -0.2) is 0 Å². The summed E-state index contributed by atoms with van der Waals surface area (Å²) >= 11 is 5.73. The molecule has 7 heteroatoms. The second kappa shape index (κ2) is 7.12. The van der Waals surface area contributed by atoms with E-state index in [1.807, 2.05) is 0 Å². The van der Waals surface area contributed by atoms with Crippen molar-refractivity contribution in [3.63, 3.8) is 0 Å². The molecule has 20 heavy (non-hydrogen) atoms. The third-order valence-electron chi connectivity index (χ3n) is 2.73. The topological polar surface area (TPSA) is 76.7 Å². The second-order valence-electron chi connectivity index (χ2n) is 4.28. The van der Waals surface area contributed by atoms with Crippen molar-refractivity contribution < 1.29 is 19.1 Å². The van der Waals surface area contributed by atoms with Crippen LogP contribution in [0.1, 0.15) is 12.8 Å². The smallest absolute Gasteiger partial charge is 0.276 e. The number of rotatable bonds is 4. The summed E-state index contributed by atoms with van der Waals surface area (Å²) in [6, 6.07) is 6.63. The predicted octanol–water partition coefficient (Wildman–Crippen LogP) is 1.05. The average molecular weight is 299 g/mol. The first kappa shape index (κ1) is 14.6. The summed E-state index contributed by atoms with van der Waals surface area (Å²) in [5.41, 5.74) is 4.58. The van der Waals surface area contributed by atoms with Crippen LogP contribution in [0.25, 0.3) is 0 Å². The minimum absolute atomic E-state index is 0.201. The monoisotopic (exact) mass is 298 g/mol. The van der Waals surface area contributed by atoms with Crippen molar-refractivity contribution in [1.29, 1.82) is 0 Å². The molecule has 0 saturated carbocycles. The minimum atomic E-state index is -0.479. The Hall–Kier alpha value is -1.79. The highest BCUT2D eigenvalue weighted by Crippen LogP contribution is 2.15. The van der Waals surface area contributed by atoms with Gasteiger partial charge in [-0.1, -0.05) is 11.6 Å². The van der Waals surface area contributed by atoms with Crippen LogP contribution in [-0.4, -0.2) is 31.1 Å². The largest absolute Gasteiger partial charge is 0.484 e. The average Bonchev–Trinajstić information content (AvgIpc) is 2.98. The molecule has 6 nitrogen and oxygen atoms in total. The van der Waals surface area contributed by atoms with E-state index in [0.29, 0.717) is 23.8 Å². The molecule has 1 aliphatic rings. The van der Waals surface area contributed by atoms with Crippen LogP contribution in [0.15, 0.2) is 24.3 Å². The molecule has 1 aliphatic heterocycles. The van der Waals surface area contributed by atoms with Gasteiger partial charge in [-0.2, -0.15) is 0 Å². The lowest BCUT2D eigenvalue weighted by molar-refractivity contribution is -0.135. The number of hydrazine groups is 1. The lowest BCUT2D eigenvalue weighted by Gasteiger charge is -2.11. The van der Waals surface area contributed by atoms with E-state index in [0.717, 1.165) is 6.42 Å². The first-order valence-corrected chi connectivity index (χ1v) is 6.61. The van der Waals surface area contributed by atoms with Gasteiger partial charge >= 0.3 is 0 Å². The Labute approximate surface area is 121 Å². The first-order valence-electron chi connectivity index (χ1n) is 6.24. The van der Waals surface area contributed by atoms with Gasteiger partial charge in [-0.15, -0.1) is 0 Å². The Bertz CT molecular complexity index is 472. The minimum Gasteiger partial charge on any atom is -0.484 e. The normalized spacial score (nSPS) is 17.6. The molecule has 1 saturated heterocycles. The number of amides is 2. The standard InChI is InChI=1S/C13H15ClN2O4/c14-9-3-5-10(6-4-9)20-8-12(17)15-16-13(18)11-2-1-7-19-11/h3-6,11H,1-2,7-8H2,(H,15,17)(H,16,18)/t11-/m1/s1. The van der Waals surface area contributed by atoms with Crippen molar-refractivity contribution in [1.82, 2.24) is 10.9 Å². The number of carbonyl (C=O) groups excluding carboxylic acids is 2. The number of ether oxygens (including phenoxy) is 2. The summed E-state index contributed by atoms with van der Waals surface area (Å²) in [7, 11) is 0. The molecule has 0 spiro atoms. The van der Waals surface area contributed by atoms with Crippen LogP contribution in [0.4, 0.5) is 0 Å². The predicted molar refractivity (Wildman–Crippen MR) is 72.2 cm³/mol. The molecule has 2 N–H and O–H groups in total. The molecular weight excluding hydrogens is 284 g/mol. The molecular formula is C13H15ClN2O4. The number of benzene rings is 1. The molecule has 1 aromatic rings. The van der Waals surface area contributed by atoms with Crippen LogP contribution in [0, 0.1) is 0 Å². The maximum Gasteiger partial charge on any atom is 0.276 e. The maximum atomic E-state index is 11.6. The molecule has 1 heterocycles. The zero-order valence-corrected chi connectivity index (χ0v) is 11.5. The van der Waals surface area contributed by atoms with Crippen LogP contribution in [0.5, 0.6) is 5.75 Å². The fraction of sp³-hybridized carbons (Fsp3) is 0.385. The highest BCUT2D eigenvalue weighted by molar-refractivity contribution is 6.30. The van der Waals surface area contributed by atoms with E-state index in [4.69, 9.17) is 21.1 Å². The Kier molecular flexibility index (Phi) is 5.20. The lowest BCUT2D eigenvalue weighted by atomic mass is 10.2. The summed E-state index contributed by atoms with van der Waals surface area (Å²) in [6.45, 7) is 0.374. The third-order valence-corrected chi connectivity index (χ3v) is 2.98. The molecule has 0 unspecified atom stereocenters. The van der Waals surface area contributed by atoms with Gasteiger partial charge in [0.05, 0.1) is 0 Å². The number of hydrogen-bond acceptors (Lipinski definition) is 4. The number of carbonyl (C=O) groups is 2. The van der Waals surface area contributed by atoms with Crippen LogP contribution in [0.3, 0.4) is 0 Å². The van der Waals surface area contributed by atoms with Crippen molar-refractivity contribution in [2.24, 2.45) is 0 Å². The highest BCUT2D eigenvalue weighted by Gasteiger charge is 2.23. The van der Waals surface area contributed by atoms with Crippen molar-refractivity contribution in [3.8, 4) is 5.75 Å². The van der Waals surface area contributed by atoms with E-state index >= 15 is 0 Å². The molecule has 0 aromatic heterocycles. The van der Waals surface area contributed by atoms with E-state index in [1.54, 1.807) is 24.3 Å². The summed E-state index contributed by atoms with van der Waals surface area (Å²) < 4.78 is 10.4. The Morgan fingerprint density at radius 1 is 1.30 bits per heavy atom. The molecule has 1 aromatic carbocycles. The van der Waals surface area contributed by atoms with Gasteiger partial charge in [-0.3, -0.25) is 20.4 Å². The van der Waals surface area contributed by atoms with Crippen molar-refractivity contribution in [2.75, 3.05) is 13.2 Å². The summed E-state index contributed by atoms with van der Waals surface area (Å²) in [5, 5.41) is 0.589. The Balaban J connectivity index is 1.67. The van der Waals surface area contributed by atoms with Gasteiger partial charge in [0.15, 0.2) is 6.61 Å². The van der Waals surface area contributed by atoms with Gasteiger partial charge in [0, 0.05) is 11.6 Å². The Morgan fingerprint density at radius 2 is 2.05 bits per heavy atom. The fourth-order valence-corrected chi connectivity index (χ4v) is 1.84. The van der Waals surface area contributed by atoms with Crippen molar-refractivity contribution in [2.45, 2.75) is 18.9 Å². The molecule has 0 radical (unpaired) electrons.